The van der Waals surface area contributed by atoms with Gasteiger partial charge < -0.3 is 30.9 Å². The smallest absolute Gasteiger partial charge is 0.353 e. The molecule has 1 aromatic rings. The van der Waals surface area contributed by atoms with Gasteiger partial charge in [0.1, 0.15) is 5.70 Å². The number of aliphatic hydroxyl groups excluding tert-OH is 1. The Hall–Kier alpha value is -2.40. The number of aliphatic carboxylic acids is 1. The van der Waals surface area contributed by atoms with E-state index in [2.05, 4.69) is 5.32 Å². The van der Waals surface area contributed by atoms with E-state index in [1.165, 1.54) is 16.7 Å². The van der Waals surface area contributed by atoms with Gasteiger partial charge in [0, 0.05) is 29.2 Å². The molecule has 1 unspecified atom stereocenters. The first-order chi connectivity index (χ1) is 16.2. The summed E-state index contributed by atoms with van der Waals surface area (Å²) < 4.78 is 5.84. The number of rotatable bonds is 9. The van der Waals surface area contributed by atoms with Crippen LogP contribution >= 0.6 is 11.8 Å². The molecule has 5 N–H and O–H groups in total. The topological polar surface area (TPSA) is 142 Å². The maximum absolute atomic E-state index is 12.5. The van der Waals surface area contributed by atoms with Gasteiger partial charge in [0.2, 0.25) is 11.8 Å². The van der Waals surface area contributed by atoms with E-state index in [0.29, 0.717) is 24.4 Å². The number of aliphatic hydroxyl groups is 1. The maximum atomic E-state index is 12.5. The number of fused-ring (bicyclic) bond motifs is 1. The highest BCUT2D eigenvalue weighted by Crippen LogP contribution is 2.52. The number of hydrogen-bond donors (Lipinski definition) is 4. The molecule has 1 aromatic carbocycles. The van der Waals surface area contributed by atoms with Gasteiger partial charge in [0.05, 0.1) is 30.2 Å². The van der Waals surface area contributed by atoms with E-state index in [4.69, 9.17) is 10.5 Å². The summed E-state index contributed by atoms with van der Waals surface area (Å²) in [6.45, 7) is 4.23. The first-order valence-electron chi connectivity index (χ1n) is 11.5. The number of nitrogens with one attached hydrogen (secondary N) is 1. The quantitative estimate of drug-likeness (QED) is 0.372. The molecule has 3 aliphatic rings. The molecule has 2 amide bonds. The third-order valence-electron chi connectivity index (χ3n) is 6.85. The van der Waals surface area contributed by atoms with E-state index >= 15 is 0 Å². The van der Waals surface area contributed by atoms with Gasteiger partial charge in [-0.3, -0.25) is 9.59 Å². The number of carboxylic acids is 1. The lowest BCUT2D eigenvalue weighted by atomic mass is 9.79. The van der Waals surface area contributed by atoms with E-state index in [1.807, 2.05) is 37.3 Å². The Morgan fingerprint density at radius 2 is 2.03 bits per heavy atom. The van der Waals surface area contributed by atoms with Crippen molar-refractivity contribution in [2.75, 3.05) is 13.2 Å². The molecule has 2 saturated heterocycles. The van der Waals surface area contributed by atoms with Crippen LogP contribution in [0, 0.1) is 11.8 Å². The van der Waals surface area contributed by atoms with Crippen molar-refractivity contribution >= 4 is 29.5 Å². The third-order valence-corrected chi connectivity index (χ3v) is 8.51. The largest absolute Gasteiger partial charge is 0.477 e. The molecule has 184 valence electrons. The molecule has 10 heteroatoms. The first-order valence-corrected chi connectivity index (χ1v) is 12.4. The van der Waals surface area contributed by atoms with Crippen molar-refractivity contribution in [1.82, 2.24) is 10.2 Å². The zero-order chi connectivity index (χ0) is 24.6. The van der Waals surface area contributed by atoms with Crippen molar-refractivity contribution in [3.05, 3.63) is 46.5 Å². The summed E-state index contributed by atoms with van der Waals surface area (Å²) in [5.74, 6) is -2.56. The van der Waals surface area contributed by atoms with E-state index in [-0.39, 0.29) is 47.4 Å². The lowest BCUT2D eigenvalue weighted by Gasteiger charge is -2.46. The molecule has 0 saturated carbocycles. The Labute approximate surface area is 202 Å². The molecule has 0 radical (unpaired) electrons. The maximum Gasteiger partial charge on any atom is 0.353 e. The second-order valence-corrected chi connectivity index (χ2v) is 10.4. The molecule has 0 aliphatic carbocycles. The van der Waals surface area contributed by atoms with Gasteiger partial charge in [0.25, 0.3) is 0 Å². The van der Waals surface area contributed by atoms with Crippen LogP contribution in [0.3, 0.4) is 0 Å². The van der Waals surface area contributed by atoms with Crippen LogP contribution in [0.1, 0.15) is 25.8 Å². The molecule has 3 aliphatic heterocycles. The second kappa shape index (κ2) is 10.1. The number of thioether (sulfide) groups is 1. The molecule has 9 nitrogen and oxygen atoms in total. The van der Waals surface area contributed by atoms with E-state index in [9.17, 15) is 24.6 Å². The number of β-lactam (4-membered cyclic amide) rings is 1. The highest BCUT2D eigenvalue weighted by molar-refractivity contribution is 8.03. The highest BCUT2D eigenvalue weighted by Gasteiger charge is 2.60. The monoisotopic (exact) mass is 489 g/mol. The molecule has 2 fully saturated rings. The van der Waals surface area contributed by atoms with Crippen LogP contribution in [-0.2, 0) is 25.5 Å². The van der Waals surface area contributed by atoms with Gasteiger partial charge in [-0.1, -0.05) is 37.3 Å². The summed E-state index contributed by atoms with van der Waals surface area (Å²) in [5, 5.41) is 22.6. The summed E-state index contributed by atoms with van der Waals surface area (Å²) in [6.07, 6.45) is -0.0148. The number of benzene rings is 1. The fourth-order valence-electron chi connectivity index (χ4n) is 5.09. The Bertz CT molecular complexity index is 984. The minimum absolute atomic E-state index is 0.00367. The summed E-state index contributed by atoms with van der Waals surface area (Å²) in [7, 11) is 0. The molecule has 0 aromatic heterocycles. The molecule has 0 spiro atoms. The van der Waals surface area contributed by atoms with Crippen molar-refractivity contribution in [3.8, 4) is 0 Å². The van der Waals surface area contributed by atoms with Crippen LogP contribution < -0.4 is 11.1 Å². The van der Waals surface area contributed by atoms with Crippen LogP contribution in [0.25, 0.3) is 0 Å². The van der Waals surface area contributed by atoms with Crippen LogP contribution in [-0.4, -0.2) is 75.6 Å². The van der Waals surface area contributed by atoms with Crippen molar-refractivity contribution in [2.24, 2.45) is 17.6 Å². The lowest BCUT2D eigenvalue weighted by Crippen LogP contribution is -2.63. The fourth-order valence-corrected chi connectivity index (χ4v) is 6.61. The Morgan fingerprint density at radius 3 is 2.68 bits per heavy atom. The summed E-state index contributed by atoms with van der Waals surface area (Å²) in [6, 6.07) is 8.52. The van der Waals surface area contributed by atoms with Crippen molar-refractivity contribution < 1.29 is 29.3 Å². The number of hydrogen-bond acceptors (Lipinski definition) is 7. The average molecular weight is 490 g/mol. The number of nitrogens with two attached hydrogens (primary N) is 1. The Morgan fingerprint density at radius 1 is 1.32 bits per heavy atom. The minimum Gasteiger partial charge on any atom is -0.477 e. The molecule has 4 rings (SSSR count). The highest BCUT2D eigenvalue weighted by atomic mass is 32.2. The van der Waals surface area contributed by atoms with Crippen molar-refractivity contribution in [3.63, 3.8) is 0 Å². The van der Waals surface area contributed by atoms with Gasteiger partial charge in [-0.2, -0.15) is 0 Å². The first kappa shape index (κ1) is 24.7. The van der Waals surface area contributed by atoms with Crippen LogP contribution in [0.5, 0.6) is 0 Å². The summed E-state index contributed by atoms with van der Waals surface area (Å²) in [4.78, 5) is 39.0. The van der Waals surface area contributed by atoms with E-state index in [1.54, 1.807) is 6.92 Å². The molecular weight excluding hydrogens is 458 g/mol. The molecular formula is C24H31N3O6S. The molecule has 3 heterocycles. The number of carboxylic acid groups (broad SMARTS) is 1. The number of carbonyl (C=O) groups is 3. The summed E-state index contributed by atoms with van der Waals surface area (Å²) in [5.41, 5.74) is 7.05. The minimum atomic E-state index is -1.15. The zero-order valence-corrected chi connectivity index (χ0v) is 20.0. The summed E-state index contributed by atoms with van der Waals surface area (Å²) >= 11 is 1.41. The molecule has 0 bridgehead atoms. The van der Waals surface area contributed by atoms with Crippen LogP contribution in [0.4, 0.5) is 0 Å². The average Bonchev–Trinajstić information content (AvgIpc) is 3.33. The number of carbonyl (C=O) groups excluding carboxylic acids is 2. The fraction of sp³-hybridized carbons (Fsp3) is 0.542. The number of nitrogens with zero attached hydrogens (tertiary/aromatic N) is 1. The van der Waals surface area contributed by atoms with Gasteiger partial charge in [-0.15, -0.1) is 11.8 Å². The normalized spacial score (nSPS) is 30.1. The van der Waals surface area contributed by atoms with Gasteiger partial charge in [-0.25, -0.2) is 4.79 Å². The number of amides is 2. The lowest BCUT2D eigenvalue weighted by molar-refractivity contribution is -0.163. The Kier molecular flexibility index (Phi) is 7.32. The van der Waals surface area contributed by atoms with Crippen LogP contribution in [0.2, 0.25) is 0 Å². The third kappa shape index (κ3) is 4.59. The molecule has 34 heavy (non-hydrogen) atoms. The second-order valence-electron chi connectivity index (χ2n) is 9.17. The van der Waals surface area contributed by atoms with E-state index < -0.39 is 24.0 Å². The van der Waals surface area contributed by atoms with Crippen molar-refractivity contribution in [2.45, 2.75) is 56.2 Å². The van der Waals surface area contributed by atoms with Crippen molar-refractivity contribution in [1.29, 1.82) is 0 Å². The van der Waals surface area contributed by atoms with Gasteiger partial charge in [-0.05, 0) is 25.3 Å². The standard InChI is InChI=1S/C24H31N3O6S/c1-12-19-18(13(2)28)23(30)27(19)20(24(31)32)21(12)34-17-8-9-33-16(17)11-26-22(29)15(25)10-14-6-4-3-5-7-14/h3-7,12-13,15-19,28H,8-11,25H2,1-2H3,(H,26,29)(H,31,32)/t12-,13-,15+,16-,17-,18-,19?/m1/s1. The van der Waals surface area contributed by atoms with E-state index in [0.717, 1.165) is 5.56 Å². The Balaban J connectivity index is 1.39. The zero-order valence-electron chi connectivity index (χ0n) is 19.2. The SMILES string of the molecule is C[C@H]1C(S[C@@H]2CCO[C@@H]2CNC(=O)[C@@H](N)Cc2ccccc2)=C(C(=O)O)N2C(=O)[C@H]([C@@H](C)O)C12. The van der Waals surface area contributed by atoms with Gasteiger partial charge >= 0.3 is 5.97 Å². The molecule has 7 atom stereocenters. The predicted molar refractivity (Wildman–Crippen MR) is 126 cm³/mol. The number of ether oxygens (including phenoxy) is 1. The van der Waals surface area contributed by atoms with Crippen LogP contribution in [0.15, 0.2) is 40.9 Å². The predicted octanol–water partition coefficient (Wildman–Crippen LogP) is 0.717. The van der Waals surface area contributed by atoms with Gasteiger partial charge in [0.15, 0.2) is 0 Å².